The van der Waals surface area contributed by atoms with E-state index in [9.17, 15) is 80.5 Å². The molecular weight excluding hydrogens is 856 g/mol. The minimum absolute atomic E-state index is 0.0477. The number of carbonyl (C=O) groups is 4. The number of amides is 3. The molecule has 3 amide bonds. The molecule has 3 saturated heterocycles. The highest BCUT2D eigenvalue weighted by atomic mass is 16.7. The Morgan fingerprint density at radius 1 is 0.524 bits per heavy atom. The van der Waals surface area contributed by atoms with Crippen LogP contribution in [0.1, 0.15) is 32.1 Å². The number of hydrogen-bond donors (Lipinski definition) is 16. The van der Waals surface area contributed by atoms with Gasteiger partial charge in [-0.25, -0.2) is 0 Å². The quantitative estimate of drug-likeness (QED) is 0.0340. The Balaban J connectivity index is 1.67. The van der Waals surface area contributed by atoms with Crippen LogP contribution in [0.2, 0.25) is 0 Å². The molecule has 3 heterocycles. The van der Waals surface area contributed by atoms with Gasteiger partial charge < -0.3 is 111 Å². The van der Waals surface area contributed by atoms with E-state index in [-0.39, 0.29) is 39.1 Å². The molecule has 0 spiro atoms. The first-order chi connectivity index (χ1) is 29.9. The van der Waals surface area contributed by atoms with Crippen molar-refractivity contribution in [2.75, 3.05) is 72.4 Å². The number of carboxylic acid groups (broad SMARTS) is 1. The average molecular weight is 921 g/mol. The minimum Gasteiger partial charge on any atom is -0.481 e. The second-order valence-electron chi connectivity index (χ2n) is 15.3. The molecule has 3 fully saturated rings. The fourth-order valence-electron chi connectivity index (χ4n) is 6.68. The molecule has 27 nitrogen and oxygen atoms in total. The number of rotatable bonds is 27. The van der Waals surface area contributed by atoms with Crippen LogP contribution in [-0.4, -0.2) is 266 Å². The van der Waals surface area contributed by atoms with Crippen molar-refractivity contribution in [2.24, 2.45) is 0 Å². The van der Waals surface area contributed by atoms with Crippen LogP contribution in [0.5, 0.6) is 0 Å². The Morgan fingerprint density at radius 2 is 0.952 bits per heavy atom. The normalized spacial score (nSPS) is 34.0. The zero-order valence-corrected chi connectivity index (χ0v) is 34.4. The predicted molar refractivity (Wildman–Crippen MR) is 204 cm³/mol. The molecule has 3 aliphatic rings. The maximum atomic E-state index is 13.6. The molecule has 16 N–H and O–H groups in total. The van der Waals surface area contributed by atoms with Crippen LogP contribution in [0.25, 0.3) is 0 Å². The van der Waals surface area contributed by atoms with Gasteiger partial charge in [-0.3, -0.25) is 24.1 Å². The Hall–Kier alpha value is -2.88. The average Bonchev–Trinajstić information content (AvgIpc) is 3.24. The smallest absolute Gasteiger partial charge is 0.303 e. The first-order valence-electron chi connectivity index (χ1n) is 20.4. The number of unbranched alkanes of at least 4 members (excludes halogenated alkanes) is 2. The topological polar surface area (TPSA) is 426 Å². The summed E-state index contributed by atoms with van der Waals surface area (Å²) in [6, 6.07) is -1.08. The van der Waals surface area contributed by atoms with Crippen molar-refractivity contribution in [2.45, 2.75) is 130 Å². The number of aliphatic hydroxyl groups excluding tert-OH is 12. The summed E-state index contributed by atoms with van der Waals surface area (Å²) in [5.41, 5.74) is 0. The molecule has 0 aromatic carbocycles. The zero-order valence-electron chi connectivity index (χ0n) is 34.4. The van der Waals surface area contributed by atoms with E-state index in [0.717, 1.165) is 4.90 Å². The Kier molecular flexibility index (Phi) is 23.8. The van der Waals surface area contributed by atoms with E-state index in [1.54, 1.807) is 0 Å². The third-order valence-electron chi connectivity index (χ3n) is 10.3. The second-order valence-corrected chi connectivity index (χ2v) is 15.3. The van der Waals surface area contributed by atoms with Crippen LogP contribution < -0.4 is 16.0 Å². The molecule has 3 aliphatic heterocycles. The lowest BCUT2D eigenvalue weighted by Gasteiger charge is -2.40. The summed E-state index contributed by atoms with van der Waals surface area (Å²) in [5.74, 6) is -3.08. The molecule has 0 aromatic rings. The molecule has 0 aromatic heterocycles. The number of carbonyl (C=O) groups excluding carboxylic acids is 3. The summed E-state index contributed by atoms with van der Waals surface area (Å²) in [6.07, 6.45) is -22.8. The van der Waals surface area contributed by atoms with Gasteiger partial charge in [0.05, 0.1) is 65.3 Å². The summed E-state index contributed by atoms with van der Waals surface area (Å²) in [5, 5.41) is 137. The summed E-state index contributed by atoms with van der Waals surface area (Å²) < 4.78 is 32.5. The lowest BCUT2D eigenvalue weighted by atomic mass is 9.99. The number of carboxylic acids is 1. The number of ether oxygens (including phenoxy) is 6. The number of aliphatic hydroxyl groups is 12. The monoisotopic (exact) mass is 920 g/mol. The van der Waals surface area contributed by atoms with E-state index < -0.39 is 168 Å². The van der Waals surface area contributed by atoms with Crippen LogP contribution in [0.3, 0.4) is 0 Å². The fourth-order valence-corrected chi connectivity index (χ4v) is 6.68. The standard InChI is InChI=1S/C36H64N4O23/c41-13-18-25(49)28(52)31(55)34(61-18)58-8-5-17(16-60-36-33(57)30(54)27(51)20(15-43)63-36)39-23(46)12-40(10-21(44)37-6-3-1-2-4-24(47)48)11-22(45)38-7-9-59-35-32(56)29(53)26(50)19(14-42)62-35/h17-20,25-36,41-43,49-57H,1-16H2,(H,37,44)(H,38,45)(H,39,46)(H,47,48)/t17?,18-,19-,20-,25-,26-,27-,28+,29+,30+,31+,32+,33+,34+,35-,36+/m1/s1. The van der Waals surface area contributed by atoms with Gasteiger partial charge in [0, 0.05) is 19.5 Å². The minimum atomic E-state index is -1.81. The van der Waals surface area contributed by atoms with Gasteiger partial charge in [-0.15, -0.1) is 0 Å². The van der Waals surface area contributed by atoms with Crippen molar-refractivity contribution in [3.05, 3.63) is 0 Å². The van der Waals surface area contributed by atoms with E-state index in [2.05, 4.69) is 16.0 Å². The Morgan fingerprint density at radius 3 is 1.41 bits per heavy atom. The third kappa shape index (κ3) is 17.1. The fraction of sp³-hybridized carbons (Fsp3) is 0.889. The van der Waals surface area contributed by atoms with Crippen molar-refractivity contribution >= 4 is 23.7 Å². The first-order valence-corrected chi connectivity index (χ1v) is 20.4. The lowest BCUT2D eigenvalue weighted by molar-refractivity contribution is -0.304. The van der Waals surface area contributed by atoms with Gasteiger partial charge in [-0.2, -0.15) is 0 Å². The van der Waals surface area contributed by atoms with Crippen molar-refractivity contribution in [1.29, 1.82) is 0 Å². The first kappa shape index (κ1) is 54.5. The van der Waals surface area contributed by atoms with Gasteiger partial charge in [0.2, 0.25) is 17.7 Å². The van der Waals surface area contributed by atoms with Crippen molar-refractivity contribution < 1.29 is 114 Å². The van der Waals surface area contributed by atoms with Gasteiger partial charge >= 0.3 is 5.97 Å². The van der Waals surface area contributed by atoms with E-state index in [1.165, 1.54) is 0 Å². The van der Waals surface area contributed by atoms with Crippen molar-refractivity contribution in [3.8, 4) is 0 Å². The highest BCUT2D eigenvalue weighted by Crippen LogP contribution is 2.25. The van der Waals surface area contributed by atoms with Crippen LogP contribution in [0.4, 0.5) is 0 Å². The summed E-state index contributed by atoms with van der Waals surface area (Å²) in [6.45, 7) is -5.02. The molecule has 0 radical (unpaired) electrons. The number of aliphatic carboxylic acids is 1. The molecule has 27 heteroatoms. The van der Waals surface area contributed by atoms with Gasteiger partial charge in [0.1, 0.15) is 73.2 Å². The van der Waals surface area contributed by atoms with Crippen LogP contribution in [-0.2, 0) is 47.6 Å². The van der Waals surface area contributed by atoms with E-state index in [1.807, 2.05) is 0 Å². The van der Waals surface area contributed by atoms with Crippen LogP contribution in [0, 0.1) is 0 Å². The highest BCUT2D eigenvalue weighted by Gasteiger charge is 2.46. The molecular formula is C36H64N4O23. The largest absolute Gasteiger partial charge is 0.481 e. The maximum Gasteiger partial charge on any atom is 0.303 e. The third-order valence-corrected chi connectivity index (χ3v) is 10.3. The summed E-state index contributed by atoms with van der Waals surface area (Å²) in [7, 11) is 0. The molecule has 3 rings (SSSR count). The molecule has 16 atom stereocenters. The SMILES string of the molecule is O=C(O)CCCCCNC(=O)CN(CC(=O)NCCO[C@@H]1O[C@H](CO)[C@@H](O)[C@H](O)[C@@H]1O)CC(=O)NC(CCO[C@H]1O[C@H](CO)[C@@H](O)[C@H](O)[C@@H]1O)CO[C@H]1O[C@H](CO)[C@@H](O)[C@H](O)[C@@H]1O. The van der Waals surface area contributed by atoms with Crippen molar-refractivity contribution in [3.63, 3.8) is 0 Å². The van der Waals surface area contributed by atoms with Gasteiger partial charge in [-0.05, 0) is 19.3 Å². The molecule has 366 valence electrons. The van der Waals surface area contributed by atoms with Gasteiger partial charge in [-0.1, -0.05) is 6.42 Å². The lowest BCUT2D eigenvalue weighted by Crippen LogP contribution is -2.60. The Labute approximate surface area is 361 Å². The maximum absolute atomic E-state index is 13.6. The van der Waals surface area contributed by atoms with Gasteiger partial charge in [0.25, 0.3) is 0 Å². The summed E-state index contributed by atoms with van der Waals surface area (Å²) >= 11 is 0. The number of nitrogens with one attached hydrogen (secondary N) is 3. The molecule has 1 unspecified atom stereocenters. The number of nitrogens with zero attached hydrogens (tertiary/aromatic N) is 1. The second kappa shape index (κ2) is 27.6. The van der Waals surface area contributed by atoms with Gasteiger partial charge in [0.15, 0.2) is 18.9 Å². The predicted octanol–water partition coefficient (Wildman–Crippen LogP) is -9.51. The molecule has 63 heavy (non-hydrogen) atoms. The van der Waals surface area contributed by atoms with Crippen LogP contribution in [0.15, 0.2) is 0 Å². The molecule has 0 bridgehead atoms. The zero-order chi connectivity index (χ0) is 46.8. The summed E-state index contributed by atoms with van der Waals surface area (Å²) in [4.78, 5) is 51.4. The van der Waals surface area contributed by atoms with E-state index in [4.69, 9.17) is 33.5 Å². The van der Waals surface area contributed by atoms with Crippen LogP contribution >= 0.6 is 0 Å². The molecule has 0 aliphatic carbocycles. The Bertz CT molecular complexity index is 1390. The highest BCUT2D eigenvalue weighted by molar-refractivity contribution is 5.84. The number of hydrogen-bond acceptors (Lipinski definition) is 23. The van der Waals surface area contributed by atoms with Crippen molar-refractivity contribution in [1.82, 2.24) is 20.9 Å². The van der Waals surface area contributed by atoms with E-state index in [0.29, 0.717) is 19.3 Å². The molecule has 0 saturated carbocycles. The van der Waals surface area contributed by atoms with E-state index >= 15 is 0 Å².